The normalized spacial score (nSPS) is 19.7. The first-order valence-corrected chi connectivity index (χ1v) is 5.31. The van der Waals surface area contributed by atoms with E-state index in [4.69, 9.17) is 15.2 Å². The maximum absolute atomic E-state index is 11.2. The van der Waals surface area contributed by atoms with Gasteiger partial charge in [0.05, 0.1) is 13.2 Å². The summed E-state index contributed by atoms with van der Waals surface area (Å²) in [5, 5.41) is 0. The van der Waals surface area contributed by atoms with Gasteiger partial charge in [-0.05, 0) is 19.1 Å². The second kappa shape index (κ2) is 4.53. The van der Waals surface area contributed by atoms with Gasteiger partial charge >= 0.3 is 0 Å². The Kier molecular flexibility index (Phi) is 3.10. The summed E-state index contributed by atoms with van der Waals surface area (Å²) in [7, 11) is 0. The van der Waals surface area contributed by atoms with E-state index in [9.17, 15) is 4.79 Å². The quantitative estimate of drug-likeness (QED) is 0.622. The number of ether oxygens (including phenoxy) is 2. The number of hydrogen-bond donors (Lipinski definition) is 1. The predicted molar refractivity (Wildman–Crippen MR) is 60.7 cm³/mol. The van der Waals surface area contributed by atoms with Crippen LogP contribution in [0.5, 0.6) is 5.75 Å². The fourth-order valence-electron chi connectivity index (χ4n) is 1.73. The van der Waals surface area contributed by atoms with Crippen LogP contribution in [0.2, 0.25) is 0 Å². The van der Waals surface area contributed by atoms with Crippen LogP contribution in [0, 0.1) is 0 Å². The number of nitrogens with two attached hydrogens (primary N) is 1. The number of hydrogen-bond acceptors (Lipinski definition) is 4. The Labute approximate surface area is 94.3 Å². The minimum Gasteiger partial charge on any atom is -0.488 e. The highest BCUT2D eigenvalue weighted by Crippen LogP contribution is 2.22. The molecule has 0 spiro atoms. The second-order valence-corrected chi connectivity index (χ2v) is 3.91. The molecule has 0 radical (unpaired) electrons. The predicted octanol–water partition coefficient (Wildman–Crippen LogP) is 1.64. The van der Waals surface area contributed by atoms with Gasteiger partial charge in [-0.25, -0.2) is 0 Å². The molecule has 1 saturated heterocycles. The maximum atomic E-state index is 11.2. The van der Waals surface area contributed by atoms with Crippen molar-refractivity contribution in [1.29, 1.82) is 0 Å². The molecule has 4 heteroatoms. The van der Waals surface area contributed by atoms with Crippen molar-refractivity contribution >= 4 is 11.5 Å². The molecule has 0 aromatic heterocycles. The van der Waals surface area contributed by atoms with Crippen molar-refractivity contribution in [3.05, 3.63) is 23.8 Å². The largest absolute Gasteiger partial charge is 0.488 e. The molecule has 1 unspecified atom stereocenters. The zero-order valence-corrected chi connectivity index (χ0v) is 9.23. The first-order chi connectivity index (χ1) is 7.66. The first kappa shape index (κ1) is 11.0. The molecule has 0 saturated carbocycles. The van der Waals surface area contributed by atoms with Crippen LogP contribution in [0.3, 0.4) is 0 Å². The van der Waals surface area contributed by atoms with Crippen molar-refractivity contribution in [3.8, 4) is 5.75 Å². The Morgan fingerprint density at radius 3 is 2.94 bits per heavy atom. The molecule has 1 fully saturated rings. The lowest BCUT2D eigenvalue weighted by atomic mass is 10.1. The van der Waals surface area contributed by atoms with Gasteiger partial charge in [0.2, 0.25) is 0 Å². The summed E-state index contributed by atoms with van der Waals surface area (Å²) in [4.78, 5) is 11.2. The summed E-state index contributed by atoms with van der Waals surface area (Å²) >= 11 is 0. The Morgan fingerprint density at radius 1 is 1.56 bits per heavy atom. The highest BCUT2D eigenvalue weighted by molar-refractivity contribution is 5.99. The summed E-state index contributed by atoms with van der Waals surface area (Å²) in [6.45, 7) is 2.86. The fraction of sp³-hybridized carbons (Fsp3) is 0.417. The van der Waals surface area contributed by atoms with E-state index in [1.165, 1.54) is 6.92 Å². The van der Waals surface area contributed by atoms with Gasteiger partial charge in [0.15, 0.2) is 5.78 Å². The van der Waals surface area contributed by atoms with Crippen molar-refractivity contribution in [2.75, 3.05) is 18.9 Å². The van der Waals surface area contributed by atoms with E-state index in [0.717, 1.165) is 13.0 Å². The minimum atomic E-state index is -0.0340. The van der Waals surface area contributed by atoms with Gasteiger partial charge in [-0.2, -0.15) is 0 Å². The summed E-state index contributed by atoms with van der Waals surface area (Å²) < 4.78 is 10.9. The van der Waals surface area contributed by atoms with E-state index in [1.807, 2.05) is 0 Å². The van der Waals surface area contributed by atoms with Gasteiger partial charge in [-0.15, -0.1) is 0 Å². The Balaban J connectivity index is 2.11. The van der Waals surface area contributed by atoms with E-state index < -0.39 is 0 Å². The number of anilines is 1. The first-order valence-electron chi connectivity index (χ1n) is 5.31. The molecule has 1 aromatic rings. The van der Waals surface area contributed by atoms with Crippen LogP contribution < -0.4 is 10.5 Å². The highest BCUT2D eigenvalue weighted by Gasteiger charge is 2.17. The third kappa shape index (κ3) is 2.33. The van der Waals surface area contributed by atoms with Crippen LogP contribution >= 0.6 is 0 Å². The summed E-state index contributed by atoms with van der Waals surface area (Å²) in [5.41, 5.74) is 6.76. The SMILES string of the molecule is CC(=O)c1ccc(OC2CCOC2)cc1N. The van der Waals surface area contributed by atoms with Crippen LogP contribution in [0.4, 0.5) is 5.69 Å². The number of carbonyl (C=O) groups is 1. The standard InChI is InChI=1S/C12H15NO3/c1-8(14)11-3-2-9(6-12(11)13)16-10-4-5-15-7-10/h2-3,6,10H,4-5,7,13H2,1H3. The maximum Gasteiger partial charge on any atom is 0.161 e. The van der Waals surface area contributed by atoms with Crippen LogP contribution in [-0.4, -0.2) is 25.1 Å². The molecule has 0 bridgehead atoms. The van der Waals surface area contributed by atoms with Crippen molar-refractivity contribution in [2.24, 2.45) is 0 Å². The van der Waals surface area contributed by atoms with Gasteiger partial charge in [0, 0.05) is 23.7 Å². The van der Waals surface area contributed by atoms with Gasteiger partial charge in [-0.3, -0.25) is 4.79 Å². The summed E-state index contributed by atoms with van der Waals surface area (Å²) in [5.74, 6) is 0.659. The molecular weight excluding hydrogens is 206 g/mol. The van der Waals surface area contributed by atoms with E-state index in [-0.39, 0.29) is 11.9 Å². The van der Waals surface area contributed by atoms with Crippen molar-refractivity contribution < 1.29 is 14.3 Å². The van der Waals surface area contributed by atoms with E-state index >= 15 is 0 Å². The molecule has 4 nitrogen and oxygen atoms in total. The Hall–Kier alpha value is -1.55. The molecule has 1 heterocycles. The highest BCUT2D eigenvalue weighted by atomic mass is 16.5. The number of ketones is 1. The molecule has 16 heavy (non-hydrogen) atoms. The van der Waals surface area contributed by atoms with Crippen molar-refractivity contribution in [3.63, 3.8) is 0 Å². The lowest BCUT2D eigenvalue weighted by Gasteiger charge is -2.12. The van der Waals surface area contributed by atoms with Gasteiger partial charge in [-0.1, -0.05) is 0 Å². The average molecular weight is 221 g/mol. The van der Waals surface area contributed by atoms with E-state index in [0.29, 0.717) is 23.6 Å². The third-order valence-electron chi connectivity index (χ3n) is 2.59. The molecular formula is C12H15NO3. The zero-order chi connectivity index (χ0) is 11.5. The molecule has 2 N–H and O–H groups in total. The van der Waals surface area contributed by atoms with Gasteiger partial charge in [0.25, 0.3) is 0 Å². The van der Waals surface area contributed by atoms with Crippen molar-refractivity contribution in [2.45, 2.75) is 19.4 Å². The topological polar surface area (TPSA) is 61.5 Å². The number of Topliss-reactive ketones (excluding diaryl/α,β-unsaturated/α-hetero) is 1. The van der Waals surface area contributed by atoms with E-state index in [1.54, 1.807) is 18.2 Å². The molecule has 2 rings (SSSR count). The fourth-order valence-corrected chi connectivity index (χ4v) is 1.73. The molecule has 1 atom stereocenters. The monoisotopic (exact) mass is 221 g/mol. The molecule has 86 valence electrons. The lowest BCUT2D eigenvalue weighted by Crippen LogP contribution is -2.15. The molecule has 1 aliphatic heterocycles. The molecule has 1 aromatic carbocycles. The van der Waals surface area contributed by atoms with Crippen LogP contribution in [0.25, 0.3) is 0 Å². The van der Waals surface area contributed by atoms with Crippen LogP contribution in [-0.2, 0) is 4.74 Å². The molecule has 1 aliphatic rings. The minimum absolute atomic E-state index is 0.0340. The zero-order valence-electron chi connectivity index (χ0n) is 9.23. The smallest absolute Gasteiger partial charge is 0.161 e. The number of rotatable bonds is 3. The Bertz CT molecular complexity index is 397. The van der Waals surface area contributed by atoms with E-state index in [2.05, 4.69) is 0 Å². The third-order valence-corrected chi connectivity index (χ3v) is 2.59. The number of carbonyl (C=O) groups excluding carboxylic acids is 1. The number of benzene rings is 1. The summed E-state index contributed by atoms with van der Waals surface area (Å²) in [6, 6.07) is 5.16. The molecule has 0 aliphatic carbocycles. The summed E-state index contributed by atoms with van der Waals surface area (Å²) in [6.07, 6.45) is 0.997. The van der Waals surface area contributed by atoms with Crippen LogP contribution in [0.15, 0.2) is 18.2 Å². The second-order valence-electron chi connectivity index (χ2n) is 3.91. The lowest BCUT2D eigenvalue weighted by molar-refractivity contribution is 0.101. The molecule has 0 amide bonds. The van der Waals surface area contributed by atoms with Crippen LogP contribution in [0.1, 0.15) is 23.7 Å². The van der Waals surface area contributed by atoms with Gasteiger partial charge in [0.1, 0.15) is 11.9 Å². The number of nitrogen functional groups attached to an aromatic ring is 1. The van der Waals surface area contributed by atoms with Gasteiger partial charge < -0.3 is 15.2 Å². The average Bonchev–Trinajstić information content (AvgIpc) is 2.70. The Morgan fingerprint density at radius 2 is 2.38 bits per heavy atom. The van der Waals surface area contributed by atoms with Crippen molar-refractivity contribution in [1.82, 2.24) is 0 Å².